The van der Waals surface area contributed by atoms with Gasteiger partial charge in [0.15, 0.2) is 0 Å². The van der Waals surface area contributed by atoms with Gasteiger partial charge in [-0.1, -0.05) is 54.6 Å². The van der Waals surface area contributed by atoms with Crippen LogP contribution in [-0.2, 0) is 13.1 Å². The zero-order chi connectivity index (χ0) is 21.1. The maximum Gasteiger partial charge on any atom is 0.271 e. The second-order valence-electron chi connectivity index (χ2n) is 7.80. The Kier molecular flexibility index (Phi) is 5.63. The van der Waals surface area contributed by atoms with Crippen molar-refractivity contribution in [3.8, 4) is 11.1 Å². The van der Waals surface area contributed by atoms with Gasteiger partial charge in [-0.15, -0.1) is 0 Å². The lowest BCUT2D eigenvalue weighted by molar-refractivity contribution is 0.0946. The molecule has 0 spiro atoms. The third kappa shape index (κ3) is 4.26. The molecule has 4 rings (SSSR count). The summed E-state index contributed by atoms with van der Waals surface area (Å²) in [5.74, 6) is -0.172. The highest BCUT2D eigenvalue weighted by Crippen LogP contribution is 2.24. The first kappa shape index (κ1) is 19.9. The van der Waals surface area contributed by atoms with Crippen LogP contribution in [0.3, 0.4) is 0 Å². The van der Waals surface area contributed by atoms with E-state index in [4.69, 9.17) is 0 Å². The second kappa shape index (κ2) is 8.51. The highest BCUT2D eigenvalue weighted by atomic mass is 16.1. The molecule has 0 saturated heterocycles. The van der Waals surface area contributed by atoms with Crippen molar-refractivity contribution in [2.45, 2.75) is 20.0 Å². The molecular weight excluding hydrogens is 372 g/mol. The number of carbonyl (C=O) groups is 1. The molecule has 0 unspecified atom stereocenters. The fourth-order valence-corrected chi connectivity index (χ4v) is 3.63. The Balaban J connectivity index is 1.51. The first-order valence-electron chi connectivity index (χ1n) is 10.1. The summed E-state index contributed by atoms with van der Waals surface area (Å²) in [5.41, 5.74) is 6.86. The predicted octanol–water partition coefficient (Wildman–Crippen LogP) is 4.30. The third-order valence-corrected chi connectivity index (χ3v) is 5.15. The topological polar surface area (TPSA) is 49.6 Å². The summed E-state index contributed by atoms with van der Waals surface area (Å²) in [4.78, 5) is 19.3. The molecule has 4 aromatic rings. The van der Waals surface area contributed by atoms with Crippen molar-refractivity contribution in [3.05, 3.63) is 95.4 Å². The van der Waals surface area contributed by atoms with Crippen LogP contribution in [0.1, 0.15) is 27.3 Å². The van der Waals surface area contributed by atoms with Crippen molar-refractivity contribution < 1.29 is 4.79 Å². The number of benzene rings is 2. The number of nitrogens with one attached hydrogen (secondary N) is 1. The number of amides is 1. The van der Waals surface area contributed by atoms with Crippen molar-refractivity contribution in [2.24, 2.45) is 0 Å². The van der Waals surface area contributed by atoms with E-state index in [1.54, 1.807) is 6.20 Å². The van der Waals surface area contributed by atoms with Crippen LogP contribution in [0, 0.1) is 6.92 Å². The second-order valence-corrected chi connectivity index (χ2v) is 7.80. The summed E-state index contributed by atoms with van der Waals surface area (Å²) in [5, 5.41) is 3.02. The molecule has 2 aromatic carbocycles. The Morgan fingerprint density at radius 1 is 1.00 bits per heavy atom. The van der Waals surface area contributed by atoms with Gasteiger partial charge in [-0.25, -0.2) is 4.98 Å². The first-order chi connectivity index (χ1) is 14.5. The van der Waals surface area contributed by atoms with Gasteiger partial charge in [0.1, 0.15) is 11.3 Å². The van der Waals surface area contributed by atoms with E-state index in [1.807, 2.05) is 41.7 Å². The smallest absolute Gasteiger partial charge is 0.271 e. The molecule has 0 bridgehead atoms. The minimum Gasteiger partial charge on any atom is -0.347 e. The highest BCUT2D eigenvalue weighted by Gasteiger charge is 2.12. The maximum atomic E-state index is 12.7. The van der Waals surface area contributed by atoms with Crippen LogP contribution < -0.4 is 5.32 Å². The summed E-state index contributed by atoms with van der Waals surface area (Å²) in [6.45, 7) is 3.36. The number of hydrogen-bond donors (Lipinski definition) is 1. The van der Waals surface area contributed by atoms with E-state index in [-0.39, 0.29) is 5.91 Å². The molecule has 1 N–H and O–H groups in total. The van der Waals surface area contributed by atoms with Gasteiger partial charge in [0.2, 0.25) is 0 Å². The average molecular weight is 399 g/mol. The molecule has 5 nitrogen and oxygen atoms in total. The Morgan fingerprint density at radius 3 is 2.50 bits per heavy atom. The number of aromatic nitrogens is 2. The number of imidazole rings is 1. The van der Waals surface area contributed by atoms with Crippen LogP contribution in [0.4, 0.5) is 0 Å². The summed E-state index contributed by atoms with van der Waals surface area (Å²) >= 11 is 0. The van der Waals surface area contributed by atoms with Gasteiger partial charge in [0.25, 0.3) is 5.91 Å². The molecule has 1 amide bonds. The number of carbonyl (C=O) groups excluding carboxylic acids is 1. The predicted molar refractivity (Wildman–Crippen MR) is 120 cm³/mol. The van der Waals surface area contributed by atoms with Gasteiger partial charge < -0.3 is 14.6 Å². The zero-order valence-corrected chi connectivity index (χ0v) is 17.6. The summed E-state index contributed by atoms with van der Waals surface area (Å²) in [7, 11) is 4.13. The summed E-state index contributed by atoms with van der Waals surface area (Å²) in [6.07, 6.45) is 1.79. The molecule has 2 aromatic heterocycles. The van der Waals surface area contributed by atoms with E-state index in [9.17, 15) is 4.79 Å². The maximum absolute atomic E-state index is 12.7. The Labute approximate surface area is 177 Å². The Bertz CT molecular complexity index is 1180. The molecule has 5 heteroatoms. The van der Waals surface area contributed by atoms with Crippen LogP contribution in [0.25, 0.3) is 16.8 Å². The van der Waals surface area contributed by atoms with Gasteiger partial charge in [0, 0.05) is 25.0 Å². The van der Waals surface area contributed by atoms with Crippen molar-refractivity contribution in [2.75, 3.05) is 14.1 Å². The molecule has 0 aliphatic carbocycles. The highest BCUT2D eigenvalue weighted by molar-refractivity contribution is 5.93. The number of pyridine rings is 1. The van der Waals surface area contributed by atoms with Crippen LogP contribution in [0.5, 0.6) is 0 Å². The molecule has 0 fully saturated rings. The summed E-state index contributed by atoms with van der Waals surface area (Å²) < 4.78 is 1.93. The Hall–Kier alpha value is -3.44. The molecule has 0 radical (unpaired) electrons. The Morgan fingerprint density at radius 2 is 1.77 bits per heavy atom. The largest absolute Gasteiger partial charge is 0.347 e. The number of aryl methyl sites for hydroxylation is 1. The van der Waals surface area contributed by atoms with E-state index in [0.717, 1.165) is 34.6 Å². The number of rotatable bonds is 6. The van der Waals surface area contributed by atoms with Crippen molar-refractivity contribution in [1.29, 1.82) is 0 Å². The lowest BCUT2D eigenvalue weighted by Crippen LogP contribution is -2.23. The van der Waals surface area contributed by atoms with Gasteiger partial charge in [-0.3, -0.25) is 4.79 Å². The molecular formula is C25H26N4O. The summed E-state index contributed by atoms with van der Waals surface area (Å²) in [6, 6.07) is 22.6. The van der Waals surface area contributed by atoms with Gasteiger partial charge >= 0.3 is 0 Å². The average Bonchev–Trinajstić information content (AvgIpc) is 3.18. The molecule has 30 heavy (non-hydrogen) atoms. The van der Waals surface area contributed by atoms with Crippen LogP contribution in [-0.4, -0.2) is 34.3 Å². The quantitative estimate of drug-likeness (QED) is 0.527. The van der Waals surface area contributed by atoms with E-state index in [0.29, 0.717) is 12.2 Å². The van der Waals surface area contributed by atoms with E-state index in [1.165, 1.54) is 5.56 Å². The van der Waals surface area contributed by atoms with Crippen LogP contribution in [0.2, 0.25) is 0 Å². The van der Waals surface area contributed by atoms with Gasteiger partial charge in [-0.05, 0) is 55.4 Å². The minimum absolute atomic E-state index is 0.172. The van der Waals surface area contributed by atoms with Crippen molar-refractivity contribution >= 4 is 11.6 Å². The van der Waals surface area contributed by atoms with Crippen LogP contribution >= 0.6 is 0 Å². The molecule has 0 aliphatic rings. The standard InChI is InChI=1S/C25H26N4O/c1-18-7-6-10-24-27-23(17-29(18)24)25(30)26-15-21-8-4-5-9-22(21)20-13-11-19(12-14-20)16-28(2)3/h4-14,17H,15-16H2,1-3H3,(H,26,30). The molecule has 0 saturated carbocycles. The van der Waals surface area contributed by atoms with E-state index >= 15 is 0 Å². The normalized spacial score (nSPS) is 11.2. The number of nitrogens with zero attached hydrogens (tertiary/aromatic N) is 3. The van der Waals surface area contributed by atoms with E-state index in [2.05, 4.69) is 65.7 Å². The number of hydrogen-bond acceptors (Lipinski definition) is 3. The van der Waals surface area contributed by atoms with Gasteiger partial charge in [0.05, 0.1) is 0 Å². The fourth-order valence-electron chi connectivity index (χ4n) is 3.63. The monoisotopic (exact) mass is 398 g/mol. The number of fused-ring (bicyclic) bond motifs is 1. The third-order valence-electron chi connectivity index (χ3n) is 5.15. The molecule has 0 atom stereocenters. The fraction of sp³-hybridized carbons (Fsp3) is 0.200. The van der Waals surface area contributed by atoms with Crippen molar-refractivity contribution in [1.82, 2.24) is 19.6 Å². The first-order valence-corrected chi connectivity index (χ1v) is 10.1. The molecule has 152 valence electrons. The van der Waals surface area contributed by atoms with Crippen molar-refractivity contribution in [3.63, 3.8) is 0 Å². The SMILES string of the molecule is Cc1cccc2nc(C(=O)NCc3ccccc3-c3ccc(CN(C)C)cc3)cn12. The molecule has 2 heterocycles. The zero-order valence-electron chi connectivity index (χ0n) is 17.6. The van der Waals surface area contributed by atoms with Crippen LogP contribution in [0.15, 0.2) is 72.9 Å². The van der Waals surface area contributed by atoms with Gasteiger partial charge in [-0.2, -0.15) is 0 Å². The lowest BCUT2D eigenvalue weighted by atomic mass is 9.98. The minimum atomic E-state index is -0.172. The molecule has 0 aliphatic heterocycles. The lowest BCUT2D eigenvalue weighted by Gasteiger charge is -2.13. The van der Waals surface area contributed by atoms with E-state index < -0.39 is 0 Å².